The van der Waals surface area contributed by atoms with Gasteiger partial charge in [-0.05, 0) is 92.7 Å². The number of carbonyl (C=O) groups excluding carboxylic acids is 1. The van der Waals surface area contributed by atoms with Crippen LogP contribution in [0.4, 0.5) is 4.79 Å². The van der Waals surface area contributed by atoms with Crippen molar-refractivity contribution in [1.29, 1.82) is 0 Å². The summed E-state index contributed by atoms with van der Waals surface area (Å²) in [4.78, 5) is 14.7. The van der Waals surface area contributed by atoms with Gasteiger partial charge in [0, 0.05) is 30.5 Å². The van der Waals surface area contributed by atoms with Crippen LogP contribution in [0.25, 0.3) is 0 Å². The number of para-hydroxylation sites is 1. The average molecular weight is 529 g/mol. The van der Waals surface area contributed by atoms with Crippen molar-refractivity contribution in [3.8, 4) is 11.5 Å². The first kappa shape index (κ1) is 28.8. The smallest absolute Gasteiger partial charge is 0.410 e. The highest BCUT2D eigenvalue weighted by molar-refractivity contribution is 5.68. The van der Waals surface area contributed by atoms with Crippen molar-refractivity contribution in [2.24, 2.45) is 17.6 Å². The van der Waals surface area contributed by atoms with Gasteiger partial charge in [0.05, 0.1) is 18.8 Å². The van der Waals surface area contributed by atoms with Crippen LogP contribution in [0.3, 0.4) is 0 Å². The van der Waals surface area contributed by atoms with E-state index in [1.54, 1.807) is 0 Å². The minimum absolute atomic E-state index is 0.0580. The van der Waals surface area contributed by atoms with Crippen LogP contribution < -0.4 is 15.2 Å². The Kier molecular flexibility index (Phi) is 8.98. The lowest BCUT2D eigenvalue weighted by atomic mass is 9.68. The summed E-state index contributed by atoms with van der Waals surface area (Å²) in [5.74, 6) is 2.04. The van der Waals surface area contributed by atoms with Crippen LogP contribution in [0.2, 0.25) is 0 Å². The fraction of sp³-hybridized carbons (Fsp3) is 0.710. The van der Waals surface area contributed by atoms with Crippen LogP contribution in [-0.2, 0) is 9.47 Å². The second kappa shape index (κ2) is 11.9. The van der Waals surface area contributed by atoms with Crippen LogP contribution in [-0.4, -0.2) is 54.5 Å². The summed E-state index contributed by atoms with van der Waals surface area (Å²) in [5, 5.41) is 0. The lowest BCUT2D eigenvalue weighted by Crippen LogP contribution is -2.57. The number of hydrogen-bond acceptors (Lipinski definition) is 6. The molecule has 0 aliphatic carbocycles. The molecule has 0 aromatic heterocycles. The minimum Gasteiger partial charge on any atom is -0.490 e. The van der Waals surface area contributed by atoms with E-state index in [9.17, 15) is 4.79 Å². The van der Waals surface area contributed by atoms with E-state index in [0.29, 0.717) is 26.2 Å². The van der Waals surface area contributed by atoms with Crippen molar-refractivity contribution in [2.75, 3.05) is 26.2 Å². The fourth-order valence-electron chi connectivity index (χ4n) is 6.10. The highest BCUT2D eigenvalue weighted by Crippen LogP contribution is 2.56. The van der Waals surface area contributed by atoms with E-state index in [2.05, 4.69) is 32.9 Å². The number of unbranched alkanes of at least 4 members (excludes halogenated alkanes) is 1. The van der Waals surface area contributed by atoms with Gasteiger partial charge in [-0.2, -0.15) is 0 Å². The van der Waals surface area contributed by atoms with E-state index in [0.717, 1.165) is 55.6 Å². The van der Waals surface area contributed by atoms with Crippen molar-refractivity contribution < 1.29 is 23.7 Å². The second-order valence-corrected chi connectivity index (χ2v) is 12.7. The molecule has 1 aromatic rings. The largest absolute Gasteiger partial charge is 0.490 e. The van der Waals surface area contributed by atoms with E-state index in [1.165, 1.54) is 5.57 Å². The summed E-state index contributed by atoms with van der Waals surface area (Å²) in [6.45, 7) is 14.8. The van der Waals surface area contributed by atoms with E-state index < -0.39 is 11.2 Å². The summed E-state index contributed by atoms with van der Waals surface area (Å²) in [7, 11) is 0. The highest BCUT2D eigenvalue weighted by Gasteiger charge is 2.54. The molecule has 3 heterocycles. The SMILES string of the molecule is CC(C)=CCC[C@@]1(C)Oc2c(OCCCCN)cccc2[C@H]2O[C@H]3CCN(C(=O)OC(C)(C)C)C[C@@H]3C[C@@H]21. The van der Waals surface area contributed by atoms with Gasteiger partial charge in [0.2, 0.25) is 0 Å². The predicted octanol–water partition coefficient (Wildman–Crippen LogP) is 6.41. The zero-order chi connectivity index (χ0) is 27.5. The van der Waals surface area contributed by atoms with Gasteiger partial charge in [0.25, 0.3) is 0 Å². The molecule has 7 nitrogen and oxygen atoms in total. The third-order valence-corrected chi connectivity index (χ3v) is 8.04. The average Bonchev–Trinajstić information content (AvgIpc) is 2.84. The summed E-state index contributed by atoms with van der Waals surface area (Å²) >= 11 is 0. The molecule has 38 heavy (non-hydrogen) atoms. The van der Waals surface area contributed by atoms with Gasteiger partial charge < -0.3 is 29.6 Å². The molecule has 1 amide bonds. The molecule has 2 fully saturated rings. The molecule has 1 aromatic carbocycles. The highest BCUT2D eigenvalue weighted by atomic mass is 16.6. The van der Waals surface area contributed by atoms with Crippen LogP contribution in [0, 0.1) is 11.8 Å². The van der Waals surface area contributed by atoms with E-state index in [-0.39, 0.29) is 30.1 Å². The Morgan fingerprint density at radius 1 is 1.26 bits per heavy atom. The molecular weight excluding hydrogens is 480 g/mol. The first-order chi connectivity index (χ1) is 18.0. The standard InChI is InChI=1S/C31H48N2O5/c1-21(2)11-10-15-31(6)24-19-22-20-33(29(34)38-30(3,4)5)17-14-25(22)36-27(24)23-12-9-13-26(28(23)37-31)35-18-8-7-16-32/h9,11-13,22,24-25,27H,7-8,10,14-20,32H2,1-6H3/t22-,24-,25-,27+,31+/m0/s1. The molecule has 0 saturated carbocycles. The van der Waals surface area contributed by atoms with Crippen LogP contribution in [0.15, 0.2) is 29.8 Å². The monoisotopic (exact) mass is 528 g/mol. The maximum atomic E-state index is 12.8. The van der Waals surface area contributed by atoms with Crippen LogP contribution in [0.1, 0.15) is 91.7 Å². The second-order valence-electron chi connectivity index (χ2n) is 12.7. The van der Waals surface area contributed by atoms with Gasteiger partial charge in [-0.3, -0.25) is 0 Å². The zero-order valence-electron chi connectivity index (χ0n) is 24.3. The van der Waals surface area contributed by atoms with Gasteiger partial charge in [-0.1, -0.05) is 23.8 Å². The Hall–Kier alpha value is -2.25. The molecule has 2 N–H and O–H groups in total. The molecular formula is C31H48N2O5. The summed E-state index contributed by atoms with van der Waals surface area (Å²) in [6.07, 6.45) is 7.54. The Balaban J connectivity index is 1.59. The Morgan fingerprint density at radius 2 is 2.05 bits per heavy atom. The maximum absolute atomic E-state index is 12.8. The number of ether oxygens (including phenoxy) is 4. The number of amides is 1. The molecule has 212 valence electrons. The third-order valence-electron chi connectivity index (χ3n) is 8.04. The van der Waals surface area contributed by atoms with Crippen molar-refractivity contribution in [3.63, 3.8) is 0 Å². The molecule has 7 heteroatoms. The molecule has 2 saturated heterocycles. The van der Waals surface area contributed by atoms with Gasteiger partial charge in [0.15, 0.2) is 11.5 Å². The first-order valence-corrected chi connectivity index (χ1v) is 14.4. The summed E-state index contributed by atoms with van der Waals surface area (Å²) < 4.78 is 25.7. The number of rotatable bonds is 8. The topological polar surface area (TPSA) is 83.3 Å². The molecule has 4 rings (SSSR count). The number of benzene rings is 1. The number of hydrogen-bond donors (Lipinski definition) is 1. The van der Waals surface area contributed by atoms with Crippen molar-refractivity contribution >= 4 is 6.09 Å². The van der Waals surface area contributed by atoms with E-state index in [1.807, 2.05) is 37.8 Å². The number of nitrogens with zero attached hydrogens (tertiary/aromatic N) is 1. The Bertz CT molecular complexity index is 998. The lowest BCUT2D eigenvalue weighted by Gasteiger charge is -2.54. The number of carbonyl (C=O) groups is 1. The lowest BCUT2D eigenvalue weighted by molar-refractivity contribution is -0.191. The van der Waals surface area contributed by atoms with Crippen LogP contribution >= 0.6 is 0 Å². The molecule has 3 aliphatic rings. The van der Waals surface area contributed by atoms with E-state index >= 15 is 0 Å². The normalized spacial score (nSPS) is 28.3. The minimum atomic E-state index is -0.503. The van der Waals surface area contributed by atoms with Crippen molar-refractivity contribution in [3.05, 3.63) is 35.4 Å². The molecule has 0 spiro atoms. The third kappa shape index (κ3) is 6.66. The first-order valence-electron chi connectivity index (χ1n) is 14.4. The van der Waals surface area contributed by atoms with Gasteiger partial charge in [-0.25, -0.2) is 4.79 Å². The summed E-state index contributed by atoms with van der Waals surface area (Å²) in [6, 6.07) is 6.18. The van der Waals surface area contributed by atoms with Gasteiger partial charge in [-0.15, -0.1) is 0 Å². The number of fused-ring (bicyclic) bond motifs is 4. The van der Waals surface area contributed by atoms with Crippen molar-refractivity contribution in [1.82, 2.24) is 4.90 Å². The molecule has 3 aliphatic heterocycles. The van der Waals surface area contributed by atoms with Gasteiger partial charge >= 0.3 is 6.09 Å². The Morgan fingerprint density at radius 3 is 2.76 bits per heavy atom. The quantitative estimate of drug-likeness (QED) is 0.310. The molecule has 0 unspecified atom stereocenters. The van der Waals surface area contributed by atoms with Crippen LogP contribution in [0.5, 0.6) is 11.5 Å². The van der Waals surface area contributed by atoms with Gasteiger partial charge in [0.1, 0.15) is 11.2 Å². The maximum Gasteiger partial charge on any atom is 0.410 e. The fourth-order valence-corrected chi connectivity index (χ4v) is 6.10. The molecule has 0 radical (unpaired) electrons. The van der Waals surface area contributed by atoms with Crippen molar-refractivity contribution in [2.45, 2.75) is 103 Å². The number of piperidine rings is 1. The number of nitrogens with two attached hydrogens (primary N) is 1. The zero-order valence-corrected chi connectivity index (χ0v) is 24.3. The Labute approximate surface area is 229 Å². The number of likely N-dealkylation sites (tertiary alicyclic amines) is 1. The molecule has 0 bridgehead atoms. The predicted molar refractivity (Wildman–Crippen MR) is 150 cm³/mol. The van der Waals surface area contributed by atoms with E-state index in [4.69, 9.17) is 24.7 Å². The summed E-state index contributed by atoms with van der Waals surface area (Å²) in [5.41, 5.74) is 7.14. The number of allylic oxidation sites excluding steroid dienone is 2. The molecule has 5 atom stereocenters.